The molecule has 0 aliphatic heterocycles. The summed E-state index contributed by atoms with van der Waals surface area (Å²) in [7, 11) is 0. The smallest absolute Gasteiger partial charge is 0.147 e. The van der Waals surface area contributed by atoms with Crippen LogP contribution in [0.2, 0.25) is 0 Å². The predicted octanol–water partition coefficient (Wildman–Crippen LogP) is 2.26. The standard InChI is InChI=1S/C21H44O6/c1-4-7-10-13-16(22)19(25)21(27,18(24)15-12-9-6-3)20(26)17(23)14-11-8-5-2/h16-20,22-27H,4-15H2,1-3H3. The van der Waals surface area contributed by atoms with Crippen molar-refractivity contribution in [2.75, 3.05) is 0 Å². The van der Waals surface area contributed by atoms with Gasteiger partial charge in [-0.05, 0) is 19.3 Å². The Morgan fingerprint density at radius 2 is 0.889 bits per heavy atom. The third kappa shape index (κ3) is 8.75. The van der Waals surface area contributed by atoms with Crippen molar-refractivity contribution in [1.82, 2.24) is 0 Å². The lowest BCUT2D eigenvalue weighted by molar-refractivity contribution is -0.242. The van der Waals surface area contributed by atoms with Gasteiger partial charge in [-0.25, -0.2) is 0 Å². The fourth-order valence-electron chi connectivity index (χ4n) is 3.53. The van der Waals surface area contributed by atoms with Gasteiger partial charge in [-0.3, -0.25) is 0 Å². The summed E-state index contributed by atoms with van der Waals surface area (Å²) >= 11 is 0. The highest BCUT2D eigenvalue weighted by atomic mass is 16.4. The van der Waals surface area contributed by atoms with E-state index in [2.05, 4.69) is 0 Å². The van der Waals surface area contributed by atoms with Gasteiger partial charge in [0.1, 0.15) is 17.8 Å². The first-order chi connectivity index (χ1) is 12.8. The molecule has 0 aromatic rings. The highest BCUT2D eigenvalue weighted by Gasteiger charge is 2.52. The number of aliphatic hydroxyl groups is 6. The quantitative estimate of drug-likeness (QED) is 0.211. The van der Waals surface area contributed by atoms with Crippen LogP contribution in [-0.2, 0) is 0 Å². The predicted molar refractivity (Wildman–Crippen MR) is 107 cm³/mol. The minimum absolute atomic E-state index is 0.182. The summed E-state index contributed by atoms with van der Waals surface area (Å²) in [4.78, 5) is 0. The molecule has 0 bridgehead atoms. The number of unbranched alkanes of at least 4 members (excludes halogenated alkanes) is 6. The Balaban J connectivity index is 5.26. The number of hydrogen-bond donors (Lipinski definition) is 6. The van der Waals surface area contributed by atoms with Crippen molar-refractivity contribution < 1.29 is 30.6 Å². The Morgan fingerprint density at radius 1 is 0.556 bits per heavy atom. The van der Waals surface area contributed by atoms with Gasteiger partial charge < -0.3 is 30.6 Å². The molecule has 5 unspecified atom stereocenters. The molecule has 0 aliphatic carbocycles. The average Bonchev–Trinajstić information content (AvgIpc) is 2.66. The summed E-state index contributed by atoms with van der Waals surface area (Å²) in [5.74, 6) is 0. The lowest BCUT2D eigenvalue weighted by atomic mass is 9.76. The molecule has 164 valence electrons. The van der Waals surface area contributed by atoms with Gasteiger partial charge in [0.2, 0.25) is 0 Å². The number of aliphatic hydroxyl groups excluding tert-OH is 5. The van der Waals surface area contributed by atoms with Crippen molar-refractivity contribution in [2.45, 2.75) is 134 Å². The molecular weight excluding hydrogens is 348 g/mol. The van der Waals surface area contributed by atoms with Gasteiger partial charge in [0.05, 0.1) is 18.3 Å². The molecule has 6 N–H and O–H groups in total. The van der Waals surface area contributed by atoms with Crippen molar-refractivity contribution in [3.8, 4) is 0 Å². The third-order valence-corrected chi connectivity index (χ3v) is 5.50. The topological polar surface area (TPSA) is 121 Å². The molecule has 0 spiro atoms. The third-order valence-electron chi connectivity index (χ3n) is 5.50. The van der Waals surface area contributed by atoms with Crippen LogP contribution in [0.3, 0.4) is 0 Å². The molecule has 0 saturated carbocycles. The average molecular weight is 393 g/mol. The van der Waals surface area contributed by atoms with Crippen LogP contribution in [0.15, 0.2) is 0 Å². The Hall–Kier alpha value is -0.240. The molecule has 0 radical (unpaired) electrons. The first-order valence-corrected chi connectivity index (χ1v) is 10.9. The van der Waals surface area contributed by atoms with Gasteiger partial charge in [0.15, 0.2) is 0 Å². The Bertz CT molecular complexity index is 330. The lowest BCUT2D eigenvalue weighted by Gasteiger charge is -2.44. The van der Waals surface area contributed by atoms with Crippen LogP contribution in [0.1, 0.15) is 97.8 Å². The van der Waals surface area contributed by atoms with E-state index in [0.29, 0.717) is 19.3 Å². The van der Waals surface area contributed by atoms with E-state index >= 15 is 0 Å². The molecule has 5 atom stereocenters. The molecule has 6 nitrogen and oxygen atoms in total. The summed E-state index contributed by atoms with van der Waals surface area (Å²) in [5, 5.41) is 63.6. The molecule has 0 fully saturated rings. The second-order valence-corrected chi connectivity index (χ2v) is 7.91. The van der Waals surface area contributed by atoms with E-state index < -0.39 is 36.1 Å². The largest absolute Gasteiger partial charge is 0.390 e. The molecule has 0 rings (SSSR count). The van der Waals surface area contributed by atoms with E-state index in [1.165, 1.54) is 0 Å². The maximum Gasteiger partial charge on any atom is 0.147 e. The summed E-state index contributed by atoms with van der Waals surface area (Å²) in [6.07, 6.45) is 0.641. The van der Waals surface area contributed by atoms with Crippen molar-refractivity contribution in [1.29, 1.82) is 0 Å². The monoisotopic (exact) mass is 392 g/mol. The van der Waals surface area contributed by atoms with E-state index in [4.69, 9.17) is 0 Å². The first-order valence-electron chi connectivity index (χ1n) is 10.9. The van der Waals surface area contributed by atoms with E-state index in [0.717, 1.165) is 38.5 Å². The zero-order valence-electron chi connectivity index (χ0n) is 17.6. The minimum Gasteiger partial charge on any atom is -0.390 e. The minimum atomic E-state index is -2.37. The number of hydrogen-bond acceptors (Lipinski definition) is 6. The van der Waals surface area contributed by atoms with Crippen molar-refractivity contribution in [3.63, 3.8) is 0 Å². The van der Waals surface area contributed by atoms with Crippen LogP contribution < -0.4 is 0 Å². The van der Waals surface area contributed by atoms with Gasteiger partial charge in [0, 0.05) is 0 Å². The lowest BCUT2D eigenvalue weighted by Crippen LogP contribution is -2.66. The highest BCUT2D eigenvalue weighted by molar-refractivity contribution is 5.03. The van der Waals surface area contributed by atoms with Crippen LogP contribution in [-0.4, -0.2) is 66.8 Å². The van der Waals surface area contributed by atoms with Gasteiger partial charge in [0.25, 0.3) is 0 Å². The van der Waals surface area contributed by atoms with Crippen LogP contribution >= 0.6 is 0 Å². The molecule has 0 saturated heterocycles. The van der Waals surface area contributed by atoms with Crippen molar-refractivity contribution in [2.24, 2.45) is 0 Å². The summed E-state index contributed by atoms with van der Waals surface area (Å²) in [6, 6.07) is 0. The Labute approximate surface area is 165 Å². The number of rotatable bonds is 17. The van der Waals surface area contributed by atoms with E-state index in [9.17, 15) is 30.6 Å². The fraction of sp³-hybridized carbons (Fsp3) is 1.00. The van der Waals surface area contributed by atoms with Gasteiger partial charge in [-0.2, -0.15) is 0 Å². The van der Waals surface area contributed by atoms with Crippen molar-refractivity contribution >= 4 is 0 Å². The molecule has 0 aromatic carbocycles. The van der Waals surface area contributed by atoms with Crippen LogP contribution in [0.5, 0.6) is 0 Å². The van der Waals surface area contributed by atoms with Gasteiger partial charge >= 0.3 is 0 Å². The fourth-order valence-corrected chi connectivity index (χ4v) is 3.53. The molecule has 0 aromatic heterocycles. The first kappa shape index (κ1) is 26.8. The summed E-state index contributed by atoms with van der Waals surface area (Å²) in [5.41, 5.74) is -2.37. The Morgan fingerprint density at radius 3 is 1.22 bits per heavy atom. The van der Waals surface area contributed by atoms with E-state index in [1.54, 1.807) is 0 Å². The summed E-state index contributed by atoms with van der Waals surface area (Å²) in [6.45, 7) is 6.05. The Kier molecular flexibility index (Phi) is 14.6. The molecule has 0 aliphatic rings. The normalized spacial score (nSPS) is 19.9. The molecule has 27 heavy (non-hydrogen) atoms. The van der Waals surface area contributed by atoms with E-state index in [1.807, 2.05) is 20.8 Å². The van der Waals surface area contributed by atoms with Crippen LogP contribution in [0, 0.1) is 0 Å². The molecular formula is C21H44O6. The van der Waals surface area contributed by atoms with Crippen molar-refractivity contribution in [3.05, 3.63) is 0 Å². The zero-order valence-corrected chi connectivity index (χ0v) is 17.6. The van der Waals surface area contributed by atoms with Gasteiger partial charge in [-0.1, -0.05) is 78.6 Å². The summed E-state index contributed by atoms with van der Waals surface area (Å²) < 4.78 is 0. The van der Waals surface area contributed by atoms with Crippen LogP contribution in [0.4, 0.5) is 0 Å². The second kappa shape index (κ2) is 14.7. The zero-order chi connectivity index (χ0) is 20.9. The molecule has 0 amide bonds. The maximum absolute atomic E-state index is 11.1. The second-order valence-electron chi connectivity index (χ2n) is 7.91. The van der Waals surface area contributed by atoms with Crippen LogP contribution in [0.25, 0.3) is 0 Å². The maximum atomic E-state index is 11.1. The molecule has 6 heteroatoms. The SMILES string of the molecule is CCCCCC(O)C(O)C(O)(C(O)CCCCC)C(O)C(O)CCCCC. The van der Waals surface area contributed by atoms with E-state index in [-0.39, 0.29) is 19.3 Å². The molecule has 0 heterocycles. The highest BCUT2D eigenvalue weighted by Crippen LogP contribution is 2.31. The van der Waals surface area contributed by atoms with Gasteiger partial charge in [-0.15, -0.1) is 0 Å².